The fourth-order valence-electron chi connectivity index (χ4n) is 6.75. The van der Waals surface area contributed by atoms with Crippen molar-refractivity contribution < 1.29 is 34.8 Å². The van der Waals surface area contributed by atoms with Gasteiger partial charge in [0, 0.05) is 28.6 Å². The number of likely N-dealkylation sites (N-methyl/N-ethyl adjacent to an activating group) is 1. The number of carbonyl (C=O) groups excluding carboxylic acids is 3. The fourth-order valence-corrected chi connectivity index (χ4v) is 7.05. The van der Waals surface area contributed by atoms with Gasteiger partial charge in [-0.3, -0.25) is 19.3 Å². The van der Waals surface area contributed by atoms with Crippen LogP contribution in [0.1, 0.15) is 54.6 Å². The van der Waals surface area contributed by atoms with Gasteiger partial charge in [-0.15, -0.1) is 0 Å². The summed E-state index contributed by atoms with van der Waals surface area (Å²) in [5, 5.41) is 48.6. The van der Waals surface area contributed by atoms with Gasteiger partial charge in [-0.1, -0.05) is 11.6 Å². The molecule has 1 amide bonds. The Morgan fingerprint density at radius 1 is 1.23 bits per heavy atom. The molecule has 4 atom stereocenters. The largest absolute Gasteiger partial charge is 0.510 e. The Morgan fingerprint density at radius 2 is 1.87 bits per heavy atom. The van der Waals surface area contributed by atoms with E-state index in [9.17, 15) is 34.8 Å². The summed E-state index contributed by atoms with van der Waals surface area (Å²) in [4.78, 5) is 40.7. The minimum absolute atomic E-state index is 0.0139. The van der Waals surface area contributed by atoms with Crippen molar-refractivity contribution in [3.8, 4) is 5.75 Å². The van der Waals surface area contributed by atoms with E-state index >= 15 is 0 Å². The smallest absolute Gasteiger partial charge is 0.255 e. The van der Waals surface area contributed by atoms with Gasteiger partial charge in [-0.2, -0.15) is 0 Å². The van der Waals surface area contributed by atoms with Gasteiger partial charge in [-0.25, -0.2) is 0 Å². The molecule has 1 aromatic rings. The predicted molar refractivity (Wildman–Crippen MR) is 142 cm³/mol. The maximum Gasteiger partial charge on any atom is 0.255 e. The maximum absolute atomic E-state index is 13.7. The van der Waals surface area contributed by atoms with Crippen LogP contribution in [0.25, 0.3) is 0 Å². The van der Waals surface area contributed by atoms with Crippen LogP contribution < -0.4 is 11.1 Å². The van der Waals surface area contributed by atoms with Crippen molar-refractivity contribution >= 4 is 29.1 Å². The van der Waals surface area contributed by atoms with Crippen molar-refractivity contribution in [3.05, 3.63) is 50.4 Å². The zero-order valence-corrected chi connectivity index (χ0v) is 23.1. The second kappa shape index (κ2) is 9.05. The number of Topliss-reactive ketones (excluding diaryl/α,β-unsaturated/α-hetero) is 2. The molecule has 11 heteroatoms. The van der Waals surface area contributed by atoms with Crippen molar-refractivity contribution in [2.75, 3.05) is 14.1 Å². The number of fused-ring (bicyclic) bond motifs is 3. The highest BCUT2D eigenvalue weighted by Crippen LogP contribution is 2.53. The number of aliphatic hydroxyl groups excluding tert-OH is 2. The lowest BCUT2D eigenvalue weighted by atomic mass is 9.58. The zero-order chi connectivity index (χ0) is 28.8. The van der Waals surface area contributed by atoms with Gasteiger partial charge in [0.15, 0.2) is 11.4 Å². The summed E-state index contributed by atoms with van der Waals surface area (Å²) in [7, 11) is 3.18. The molecule has 10 nitrogen and oxygen atoms in total. The van der Waals surface area contributed by atoms with Crippen LogP contribution in [0.15, 0.2) is 28.7 Å². The second-order valence-electron chi connectivity index (χ2n) is 12.0. The number of benzene rings is 1. The molecule has 1 aromatic carbocycles. The van der Waals surface area contributed by atoms with Crippen LogP contribution in [0.2, 0.25) is 5.02 Å². The molecule has 0 radical (unpaired) electrons. The third-order valence-corrected chi connectivity index (χ3v) is 9.53. The number of aliphatic hydroxyl groups is 3. The van der Waals surface area contributed by atoms with Gasteiger partial charge in [0.25, 0.3) is 5.91 Å². The Morgan fingerprint density at radius 3 is 2.44 bits per heavy atom. The van der Waals surface area contributed by atoms with Crippen LogP contribution in [0.5, 0.6) is 5.75 Å². The topological polar surface area (TPSA) is 173 Å². The standard InChI is InChI=1S/C28H34ClN3O7/c1-27(2,13-5-6-13)31-10-12-9-16(33)18-14(20(12)29)7-11-8-15-21(32(3)4)23(35)19(26(30)38)25(37)28(15,39)24(36)17(11)22(18)34/h9,11,13,15,21,31,33,35-36,39H,5-8,10H2,1-4H3,(H2,30,38)/t11-,15-,21-,28-/m0/s1. The lowest BCUT2D eigenvalue weighted by Gasteiger charge is -2.50. The summed E-state index contributed by atoms with van der Waals surface area (Å²) in [6, 6.07) is 0.382. The van der Waals surface area contributed by atoms with Crippen molar-refractivity contribution in [2.24, 2.45) is 23.5 Å². The van der Waals surface area contributed by atoms with E-state index in [-0.39, 0.29) is 35.3 Å². The molecule has 0 aromatic heterocycles. The molecule has 39 heavy (non-hydrogen) atoms. The third kappa shape index (κ3) is 3.99. The number of carbonyl (C=O) groups is 3. The Bertz CT molecular complexity index is 1380. The molecule has 1 saturated carbocycles. The number of nitrogens with zero attached hydrogens (tertiary/aromatic N) is 1. The first-order valence-electron chi connectivity index (χ1n) is 13.1. The molecule has 0 saturated heterocycles. The summed E-state index contributed by atoms with van der Waals surface area (Å²) < 4.78 is 0. The number of phenols is 1. The first-order chi connectivity index (χ1) is 18.1. The average molecular weight is 560 g/mol. The zero-order valence-electron chi connectivity index (χ0n) is 22.3. The number of nitrogens with one attached hydrogen (secondary N) is 1. The Balaban J connectivity index is 1.60. The summed E-state index contributed by atoms with van der Waals surface area (Å²) in [5.74, 6) is -6.28. The lowest BCUT2D eigenvalue weighted by Crippen LogP contribution is -2.63. The molecule has 0 heterocycles. The first kappa shape index (κ1) is 27.6. The van der Waals surface area contributed by atoms with Gasteiger partial charge in [0.2, 0.25) is 5.78 Å². The Hall–Kier alpha value is -2.92. The molecule has 0 bridgehead atoms. The highest BCUT2D eigenvalue weighted by Gasteiger charge is 2.63. The molecule has 7 N–H and O–H groups in total. The number of amides is 1. The predicted octanol–water partition coefficient (Wildman–Crippen LogP) is 2.05. The molecule has 1 fully saturated rings. The molecule has 5 rings (SSSR count). The number of halogens is 1. The van der Waals surface area contributed by atoms with Crippen molar-refractivity contribution in [2.45, 2.75) is 63.3 Å². The normalized spacial score (nSPS) is 28.9. The highest BCUT2D eigenvalue weighted by atomic mass is 35.5. The molecule has 4 aliphatic carbocycles. The quantitative estimate of drug-likeness (QED) is 0.285. The van der Waals surface area contributed by atoms with E-state index in [4.69, 9.17) is 17.3 Å². The van der Waals surface area contributed by atoms with Crippen molar-refractivity contribution in [1.82, 2.24) is 10.2 Å². The average Bonchev–Trinajstić information content (AvgIpc) is 3.68. The Labute approximate surface area is 231 Å². The SMILES string of the molecule is CN(C)[C@@H]1C(O)=C(C(N)=O)C(=O)[C@@]2(O)C(O)=C3C(=O)c4c(O)cc(CNC(C)(C)C5CC5)c(Cl)c4C[C@H]3C[C@@H]12. The maximum atomic E-state index is 13.7. The van der Waals surface area contributed by atoms with Crippen LogP contribution in [-0.4, -0.2) is 74.1 Å². The van der Waals surface area contributed by atoms with Gasteiger partial charge < -0.3 is 31.5 Å². The van der Waals surface area contributed by atoms with Gasteiger partial charge in [-0.05, 0) is 82.7 Å². The molecule has 4 aliphatic rings. The molecule has 0 spiro atoms. The van der Waals surface area contributed by atoms with Crippen LogP contribution in [0.3, 0.4) is 0 Å². The summed E-state index contributed by atoms with van der Waals surface area (Å²) in [6.45, 7) is 4.61. The Kier molecular flexibility index (Phi) is 6.42. The van der Waals surface area contributed by atoms with E-state index in [1.54, 1.807) is 14.1 Å². The van der Waals surface area contributed by atoms with E-state index in [1.807, 2.05) is 0 Å². The number of nitrogens with two attached hydrogens (primary N) is 1. The van der Waals surface area contributed by atoms with Crippen LogP contribution >= 0.6 is 11.6 Å². The van der Waals surface area contributed by atoms with Crippen molar-refractivity contribution in [1.29, 1.82) is 0 Å². The summed E-state index contributed by atoms with van der Waals surface area (Å²) >= 11 is 6.81. The van der Waals surface area contributed by atoms with Gasteiger partial charge in [0.05, 0.1) is 11.6 Å². The number of ketones is 2. The minimum Gasteiger partial charge on any atom is -0.510 e. The van der Waals surface area contributed by atoms with Crippen molar-refractivity contribution in [3.63, 3.8) is 0 Å². The van der Waals surface area contributed by atoms with E-state index in [1.165, 1.54) is 11.0 Å². The van der Waals surface area contributed by atoms with E-state index in [0.29, 0.717) is 28.6 Å². The number of aromatic hydroxyl groups is 1. The van der Waals surface area contributed by atoms with Crippen LogP contribution in [0, 0.1) is 17.8 Å². The second-order valence-corrected chi connectivity index (χ2v) is 12.4. The minimum atomic E-state index is -2.66. The molecule has 0 aliphatic heterocycles. The molecule has 0 unspecified atom stereocenters. The highest BCUT2D eigenvalue weighted by molar-refractivity contribution is 6.33. The van der Waals surface area contributed by atoms with E-state index < -0.39 is 58.0 Å². The number of hydrogen-bond acceptors (Lipinski definition) is 9. The van der Waals surface area contributed by atoms with E-state index in [2.05, 4.69) is 19.2 Å². The molecular weight excluding hydrogens is 526 g/mol. The van der Waals surface area contributed by atoms with Crippen LogP contribution in [0.4, 0.5) is 0 Å². The molecule has 210 valence electrons. The number of primary amides is 1. The monoisotopic (exact) mass is 559 g/mol. The first-order valence-corrected chi connectivity index (χ1v) is 13.4. The number of rotatable bonds is 6. The summed E-state index contributed by atoms with van der Waals surface area (Å²) in [5.41, 5.74) is 2.50. The molecular formula is C28H34ClN3O7. The van der Waals surface area contributed by atoms with Crippen LogP contribution in [-0.2, 0) is 22.6 Å². The fraction of sp³-hybridized carbons (Fsp3) is 0.536. The number of phenolic OH excluding ortho intramolecular Hbond substituents is 1. The number of allylic oxidation sites excluding steroid dienone is 1. The van der Waals surface area contributed by atoms with E-state index in [0.717, 1.165) is 12.8 Å². The van der Waals surface area contributed by atoms with Gasteiger partial charge >= 0.3 is 0 Å². The number of hydrogen-bond donors (Lipinski definition) is 6. The van der Waals surface area contributed by atoms with Gasteiger partial charge in [0.1, 0.15) is 22.8 Å². The third-order valence-electron chi connectivity index (χ3n) is 9.06. The summed E-state index contributed by atoms with van der Waals surface area (Å²) in [6.07, 6.45) is 2.46. The lowest BCUT2D eigenvalue weighted by molar-refractivity contribution is -0.148.